The molecule has 4 nitrogen and oxygen atoms in total. The average Bonchev–Trinajstić information content (AvgIpc) is 2.60. The van der Waals surface area contributed by atoms with Crippen LogP contribution in [0.25, 0.3) is 0 Å². The van der Waals surface area contributed by atoms with Crippen molar-refractivity contribution in [1.29, 1.82) is 0 Å². The van der Waals surface area contributed by atoms with Gasteiger partial charge in [0.25, 0.3) is 0 Å². The molecule has 1 unspecified atom stereocenters. The van der Waals surface area contributed by atoms with Crippen LogP contribution >= 0.6 is 0 Å². The van der Waals surface area contributed by atoms with Gasteiger partial charge in [-0.05, 0) is 25.8 Å². The van der Waals surface area contributed by atoms with Crippen LogP contribution < -0.4 is 10.5 Å². The second-order valence-corrected chi connectivity index (χ2v) is 4.70. The molecule has 94 valence electrons. The Morgan fingerprint density at radius 2 is 2.22 bits per heavy atom. The standard InChI is InChI=1S/C14H17N3O/c1-10-9-14(15)17(16-10)12-6-4-8-18-13-7-3-2-5-11(12)13/h2-3,5,7,9,12H,4,6,8,15H2,1H3. The Hall–Kier alpha value is -1.97. The summed E-state index contributed by atoms with van der Waals surface area (Å²) in [6, 6.07) is 10.2. The summed E-state index contributed by atoms with van der Waals surface area (Å²) in [5, 5.41) is 4.51. The maximum Gasteiger partial charge on any atom is 0.124 e. The van der Waals surface area contributed by atoms with Gasteiger partial charge in [0.2, 0.25) is 0 Å². The molecule has 1 aliphatic rings. The minimum absolute atomic E-state index is 0.178. The van der Waals surface area contributed by atoms with Gasteiger partial charge >= 0.3 is 0 Å². The van der Waals surface area contributed by atoms with Crippen molar-refractivity contribution in [3.8, 4) is 5.75 Å². The molecule has 2 aromatic rings. The van der Waals surface area contributed by atoms with Crippen molar-refractivity contribution in [2.75, 3.05) is 12.3 Å². The molecule has 0 fully saturated rings. The number of anilines is 1. The summed E-state index contributed by atoms with van der Waals surface area (Å²) < 4.78 is 7.68. The molecule has 1 aromatic heterocycles. The lowest BCUT2D eigenvalue weighted by Gasteiger charge is -2.18. The Morgan fingerprint density at radius 3 is 3.00 bits per heavy atom. The highest BCUT2D eigenvalue weighted by Gasteiger charge is 2.23. The Bertz CT molecular complexity index is 562. The molecule has 0 bridgehead atoms. The number of rotatable bonds is 1. The van der Waals surface area contributed by atoms with Crippen molar-refractivity contribution in [3.05, 3.63) is 41.6 Å². The third kappa shape index (κ3) is 1.83. The van der Waals surface area contributed by atoms with Crippen molar-refractivity contribution in [3.63, 3.8) is 0 Å². The fourth-order valence-corrected chi connectivity index (χ4v) is 2.54. The van der Waals surface area contributed by atoms with E-state index in [-0.39, 0.29) is 6.04 Å². The van der Waals surface area contributed by atoms with Crippen LogP contribution in [-0.4, -0.2) is 16.4 Å². The highest BCUT2D eigenvalue weighted by atomic mass is 16.5. The van der Waals surface area contributed by atoms with Crippen molar-refractivity contribution in [2.24, 2.45) is 0 Å². The van der Waals surface area contributed by atoms with Crippen LogP contribution in [0.4, 0.5) is 5.82 Å². The summed E-state index contributed by atoms with van der Waals surface area (Å²) in [6.07, 6.45) is 2.01. The number of nitrogens with two attached hydrogens (primary N) is 1. The molecule has 1 atom stereocenters. The number of hydrogen-bond donors (Lipinski definition) is 1. The quantitative estimate of drug-likeness (QED) is 0.837. The molecule has 3 rings (SSSR count). The first kappa shape index (κ1) is 11.1. The van der Waals surface area contributed by atoms with Crippen LogP contribution in [0, 0.1) is 6.92 Å². The number of fused-ring (bicyclic) bond motifs is 1. The maximum absolute atomic E-state index is 6.04. The van der Waals surface area contributed by atoms with Crippen molar-refractivity contribution in [1.82, 2.24) is 9.78 Å². The van der Waals surface area contributed by atoms with Gasteiger partial charge in [-0.25, -0.2) is 4.68 Å². The smallest absolute Gasteiger partial charge is 0.124 e. The zero-order valence-corrected chi connectivity index (χ0v) is 10.5. The van der Waals surface area contributed by atoms with Gasteiger partial charge in [0, 0.05) is 11.6 Å². The van der Waals surface area contributed by atoms with E-state index in [1.54, 1.807) is 0 Å². The predicted octanol–water partition coefficient (Wildman–Crippen LogP) is 2.54. The molecule has 0 saturated carbocycles. The highest BCUT2D eigenvalue weighted by Crippen LogP contribution is 2.34. The summed E-state index contributed by atoms with van der Waals surface area (Å²) in [4.78, 5) is 0. The van der Waals surface area contributed by atoms with E-state index in [1.165, 1.54) is 5.56 Å². The predicted molar refractivity (Wildman–Crippen MR) is 70.7 cm³/mol. The van der Waals surface area contributed by atoms with Crippen LogP contribution in [0.3, 0.4) is 0 Å². The van der Waals surface area contributed by atoms with E-state index in [0.717, 1.165) is 30.9 Å². The lowest BCUT2D eigenvalue weighted by Crippen LogP contribution is -2.14. The number of benzene rings is 1. The molecule has 1 aromatic carbocycles. The Kier molecular flexibility index (Phi) is 2.70. The molecule has 0 radical (unpaired) electrons. The van der Waals surface area contributed by atoms with Crippen LogP contribution in [0.5, 0.6) is 5.75 Å². The fraction of sp³-hybridized carbons (Fsp3) is 0.357. The second kappa shape index (κ2) is 4.37. The van der Waals surface area contributed by atoms with E-state index in [1.807, 2.05) is 35.9 Å². The number of aryl methyl sites for hydroxylation is 1. The summed E-state index contributed by atoms with van der Waals surface area (Å²) in [7, 11) is 0. The van der Waals surface area contributed by atoms with Gasteiger partial charge in [0.1, 0.15) is 11.6 Å². The molecule has 0 aliphatic carbocycles. The molecule has 1 aliphatic heterocycles. The monoisotopic (exact) mass is 243 g/mol. The number of ether oxygens (including phenoxy) is 1. The lowest BCUT2D eigenvalue weighted by molar-refractivity contribution is 0.315. The average molecular weight is 243 g/mol. The summed E-state index contributed by atoms with van der Waals surface area (Å²) in [5.74, 6) is 1.67. The number of aromatic nitrogens is 2. The molecule has 0 spiro atoms. The largest absolute Gasteiger partial charge is 0.493 e. The first-order valence-corrected chi connectivity index (χ1v) is 6.29. The Labute approximate surface area is 106 Å². The molecule has 0 amide bonds. The zero-order chi connectivity index (χ0) is 12.5. The molecule has 2 N–H and O–H groups in total. The Balaban J connectivity index is 2.09. The minimum Gasteiger partial charge on any atom is -0.493 e. The van der Waals surface area contributed by atoms with Crippen molar-refractivity contribution in [2.45, 2.75) is 25.8 Å². The number of nitrogens with zero attached hydrogens (tertiary/aromatic N) is 2. The van der Waals surface area contributed by atoms with Gasteiger partial charge in [-0.1, -0.05) is 18.2 Å². The van der Waals surface area contributed by atoms with E-state index < -0.39 is 0 Å². The summed E-state index contributed by atoms with van der Waals surface area (Å²) in [5.41, 5.74) is 8.16. The van der Waals surface area contributed by atoms with E-state index in [9.17, 15) is 0 Å². The number of hydrogen-bond acceptors (Lipinski definition) is 3. The van der Waals surface area contributed by atoms with Crippen LogP contribution in [0.15, 0.2) is 30.3 Å². The zero-order valence-electron chi connectivity index (χ0n) is 10.5. The van der Waals surface area contributed by atoms with Gasteiger partial charge in [0.15, 0.2) is 0 Å². The van der Waals surface area contributed by atoms with E-state index in [4.69, 9.17) is 10.5 Å². The first-order chi connectivity index (χ1) is 8.75. The first-order valence-electron chi connectivity index (χ1n) is 6.29. The topological polar surface area (TPSA) is 53.1 Å². The van der Waals surface area contributed by atoms with E-state index >= 15 is 0 Å². The van der Waals surface area contributed by atoms with Crippen LogP contribution in [0.1, 0.15) is 30.1 Å². The summed E-state index contributed by atoms with van der Waals surface area (Å²) in [6.45, 7) is 2.72. The highest BCUT2D eigenvalue weighted by molar-refractivity contribution is 5.40. The summed E-state index contributed by atoms with van der Waals surface area (Å²) >= 11 is 0. The molecule has 18 heavy (non-hydrogen) atoms. The molecule has 0 saturated heterocycles. The van der Waals surface area contributed by atoms with Gasteiger partial charge in [-0.15, -0.1) is 0 Å². The van der Waals surface area contributed by atoms with Gasteiger partial charge in [0.05, 0.1) is 18.3 Å². The van der Waals surface area contributed by atoms with Crippen molar-refractivity contribution < 1.29 is 4.74 Å². The molecule has 2 heterocycles. The third-order valence-electron chi connectivity index (χ3n) is 3.34. The van der Waals surface area contributed by atoms with Crippen LogP contribution in [-0.2, 0) is 0 Å². The van der Waals surface area contributed by atoms with E-state index in [2.05, 4.69) is 11.2 Å². The van der Waals surface area contributed by atoms with Crippen molar-refractivity contribution >= 4 is 5.82 Å². The normalized spacial score (nSPS) is 18.8. The third-order valence-corrected chi connectivity index (χ3v) is 3.34. The maximum atomic E-state index is 6.04. The van der Waals surface area contributed by atoms with Gasteiger partial charge in [-0.3, -0.25) is 0 Å². The molecular formula is C14H17N3O. The van der Waals surface area contributed by atoms with Gasteiger partial charge < -0.3 is 10.5 Å². The number of nitrogen functional groups attached to an aromatic ring is 1. The van der Waals surface area contributed by atoms with Crippen LogP contribution in [0.2, 0.25) is 0 Å². The lowest BCUT2D eigenvalue weighted by atomic mass is 10.0. The Morgan fingerprint density at radius 1 is 1.39 bits per heavy atom. The number of para-hydroxylation sites is 1. The molecule has 4 heteroatoms. The van der Waals surface area contributed by atoms with Gasteiger partial charge in [-0.2, -0.15) is 5.10 Å². The fourth-order valence-electron chi connectivity index (χ4n) is 2.54. The van der Waals surface area contributed by atoms with E-state index in [0.29, 0.717) is 5.82 Å². The second-order valence-electron chi connectivity index (χ2n) is 4.70. The SMILES string of the molecule is Cc1cc(N)n(C2CCCOc3ccccc32)n1. The molecular weight excluding hydrogens is 226 g/mol. The minimum atomic E-state index is 0.178.